The summed E-state index contributed by atoms with van der Waals surface area (Å²) in [6.07, 6.45) is -6.09. The molecule has 56 heteroatoms. The van der Waals surface area contributed by atoms with Crippen LogP contribution in [-0.4, -0.2) is 245 Å². The molecule has 6 unspecified atom stereocenters. The van der Waals surface area contributed by atoms with Crippen LogP contribution in [0.4, 0.5) is 11.6 Å². The molecule has 608 valence electrons. The van der Waals surface area contributed by atoms with Gasteiger partial charge in [-0.2, -0.15) is 8.62 Å². The van der Waals surface area contributed by atoms with Crippen molar-refractivity contribution in [1.29, 1.82) is 0 Å². The van der Waals surface area contributed by atoms with Gasteiger partial charge in [-0.1, -0.05) is 77.2 Å². The van der Waals surface area contributed by atoms with E-state index in [1.165, 1.54) is 39.8 Å². The van der Waals surface area contributed by atoms with E-state index in [0.29, 0.717) is 24.3 Å². The van der Waals surface area contributed by atoms with Gasteiger partial charge in [-0.25, -0.2) is 57.3 Å². The number of aliphatic hydroxyl groups excluding tert-OH is 4. The van der Waals surface area contributed by atoms with Gasteiger partial charge in [0.15, 0.2) is 35.4 Å². The third-order valence-electron chi connectivity index (χ3n) is 14.5. The molecule has 4 aromatic rings. The van der Waals surface area contributed by atoms with Crippen LogP contribution in [0.15, 0.2) is 49.6 Å². The fraction of sp³-hybridized carbons (Fsp3) is 0.615. The number of carbonyl (C=O) groups is 6. The highest BCUT2D eigenvalue weighted by Gasteiger charge is 2.53. The van der Waals surface area contributed by atoms with Crippen LogP contribution >= 0.6 is 70.5 Å². The summed E-state index contributed by atoms with van der Waals surface area (Å²) in [5.74, 6) is -2.25. The summed E-state index contributed by atoms with van der Waals surface area (Å²) < 4.78 is 124. The molecule has 6 rings (SSSR count). The highest BCUT2D eigenvalue weighted by molar-refractivity contribution is 8.14. The van der Waals surface area contributed by atoms with Gasteiger partial charge in [0.25, 0.3) is 0 Å². The van der Waals surface area contributed by atoms with Crippen molar-refractivity contribution in [3.63, 3.8) is 0 Å². The van der Waals surface area contributed by atoms with Gasteiger partial charge in [0.05, 0.1) is 39.1 Å². The molecule has 6 heterocycles. The van der Waals surface area contributed by atoms with Crippen LogP contribution in [0.5, 0.6) is 0 Å². The zero-order chi connectivity index (χ0) is 81.0. The van der Waals surface area contributed by atoms with Crippen LogP contribution in [0.2, 0.25) is 0 Å². The Morgan fingerprint density at radius 2 is 0.889 bits per heavy atom. The molecule has 4 aromatic heterocycles. The van der Waals surface area contributed by atoms with E-state index in [1.807, 2.05) is 13.8 Å². The summed E-state index contributed by atoms with van der Waals surface area (Å²) in [4.78, 5) is 174. The number of hydrogen-bond donors (Lipinski definition) is 18. The minimum absolute atomic E-state index is 0.0303. The fourth-order valence-corrected chi connectivity index (χ4v) is 15.9. The maximum absolute atomic E-state index is 12.6. The number of imidazole rings is 2. The maximum Gasteiger partial charge on any atom is 0.481 e. The third kappa shape index (κ3) is 29.9. The predicted octanol–water partition coefficient (Wildman–Crippen LogP) is -0.738. The third-order valence-corrected chi connectivity index (χ3v) is 22.3. The second kappa shape index (κ2) is 40.9. The minimum atomic E-state index is -5.57. The fourth-order valence-electron chi connectivity index (χ4n) is 9.09. The highest BCUT2D eigenvalue weighted by atomic mass is 32.2. The SMILES string of the molecule is CCC=CC(=O)SCCNC(=O)CCNC(=O)C(O)C(C)(C)COP(=O)(O)OP(=O)(O)OC[C@H]1O[C@@H](n2cnc3c(N)ncnc32)[C@H](O)[C@@H]1OP(=O)(O)O.CCC=CC(=O)SCCNC(=O)CCNC(=O)C(O)C(C)(C)COP(=O)(O)OP(=O)(O)OC[C@H]1O[C@@H](n2cnc3c(N)ncnc32)[C@H](O)[C@@H]1OP(=O)(O)O. The molecule has 14 atom stereocenters. The smallest absolute Gasteiger partial charge is 0.386 e. The lowest BCUT2D eigenvalue weighted by Gasteiger charge is -2.30. The average molecular weight is 1700 g/mol. The number of hydrogen-bond acceptors (Lipinski definition) is 36. The molecule has 2 fully saturated rings. The van der Waals surface area contributed by atoms with Gasteiger partial charge in [-0.05, 0) is 25.0 Å². The first kappa shape index (κ1) is 93.2. The van der Waals surface area contributed by atoms with Crippen molar-refractivity contribution < 1.29 is 161 Å². The molecule has 0 saturated carbocycles. The molecule has 4 amide bonds. The van der Waals surface area contributed by atoms with Gasteiger partial charge in [0.2, 0.25) is 33.9 Å². The molecule has 2 saturated heterocycles. The molecule has 0 aliphatic carbocycles. The largest absolute Gasteiger partial charge is 0.481 e. The van der Waals surface area contributed by atoms with Crippen LogP contribution in [0.25, 0.3) is 22.3 Å². The molecule has 48 nitrogen and oxygen atoms in total. The number of amides is 4. The van der Waals surface area contributed by atoms with E-state index in [2.05, 4.69) is 68.8 Å². The van der Waals surface area contributed by atoms with E-state index in [0.717, 1.165) is 58.0 Å². The first-order valence-corrected chi connectivity index (χ1v) is 42.6. The Kier molecular flexibility index (Phi) is 35.3. The minimum Gasteiger partial charge on any atom is -0.386 e. The number of phosphoric ester groups is 6. The topological polar surface area (TPSA) is 727 Å². The zero-order valence-corrected chi connectivity index (χ0v) is 64.9. The summed E-state index contributed by atoms with van der Waals surface area (Å²) in [5, 5.41) is 52.3. The summed E-state index contributed by atoms with van der Waals surface area (Å²) in [7, 11) is -32.8. The average Bonchev–Trinajstić information content (AvgIpc) is 1.62. The number of carbonyl (C=O) groups excluding carboxylic acids is 6. The van der Waals surface area contributed by atoms with Crippen LogP contribution in [0.1, 0.15) is 79.7 Å². The molecule has 0 bridgehead atoms. The number of ether oxygens (including phenoxy) is 2. The van der Waals surface area contributed by atoms with Crippen LogP contribution < -0.4 is 32.7 Å². The Hall–Kier alpha value is -5.40. The van der Waals surface area contributed by atoms with Crippen molar-refractivity contribution in [3.8, 4) is 0 Å². The summed E-state index contributed by atoms with van der Waals surface area (Å²) in [5.41, 5.74) is 8.52. The standard InChI is InChI=1S/2C26H42N7O17P3S/c2*1-4-5-6-17(35)54-10-9-28-16(34)7-8-29-24(38)21(37)26(2,3)12-47-53(44,45)50-52(42,43)46-11-15-20(49-51(39,40)41)19(36)25(48-15)33-14-32-18-22(27)30-13-31-23(18)33/h2*5-6,13-15,19-21,25,36-37H,4,7-12H2,1-3H3,(H,28,34)(H,29,38)(H,42,43)(H,44,45)(H2,27,30,31)(H2,39,40,41)/t2*15-,19-,20-,21?,25-/m11/s1. The predicted molar refractivity (Wildman–Crippen MR) is 373 cm³/mol. The van der Waals surface area contributed by atoms with E-state index in [9.17, 15) is 116 Å². The van der Waals surface area contributed by atoms with E-state index < -0.39 is 169 Å². The first-order valence-electron chi connectivity index (χ1n) is 31.6. The first-order chi connectivity index (χ1) is 50.1. The van der Waals surface area contributed by atoms with Crippen molar-refractivity contribution in [1.82, 2.24) is 60.3 Å². The van der Waals surface area contributed by atoms with Crippen molar-refractivity contribution in [2.75, 3.05) is 75.6 Å². The number of nitrogens with one attached hydrogen (secondary N) is 4. The highest BCUT2D eigenvalue weighted by Crippen LogP contribution is 2.63. The Morgan fingerprint density at radius 3 is 1.22 bits per heavy atom. The summed E-state index contributed by atoms with van der Waals surface area (Å²) >= 11 is 2.05. The molecule has 108 heavy (non-hydrogen) atoms. The molecular weight excluding hydrogens is 1610 g/mol. The van der Waals surface area contributed by atoms with Crippen molar-refractivity contribution in [2.24, 2.45) is 10.8 Å². The molecule has 0 aromatic carbocycles. The number of aliphatic hydroxyl groups is 4. The Labute approximate surface area is 621 Å². The zero-order valence-electron chi connectivity index (χ0n) is 57.9. The number of nitrogen functional groups attached to an aromatic ring is 2. The number of phosphoric acid groups is 6. The maximum atomic E-state index is 12.6. The van der Waals surface area contributed by atoms with Gasteiger partial charge < -0.3 is 102 Å². The molecule has 2 aliphatic rings. The van der Waals surface area contributed by atoms with Crippen molar-refractivity contribution in [3.05, 3.63) is 49.6 Å². The Balaban J connectivity index is 0.000000387. The summed E-state index contributed by atoms with van der Waals surface area (Å²) in [6.45, 7) is 4.74. The number of nitrogens with two attached hydrogens (primary N) is 2. The second-order valence-electron chi connectivity index (χ2n) is 24.1. The molecule has 0 spiro atoms. The second-order valence-corrected chi connectivity index (χ2v) is 34.8. The number of fused-ring (bicyclic) bond motifs is 2. The van der Waals surface area contributed by atoms with Gasteiger partial charge in [-0.15, -0.1) is 0 Å². The molecule has 20 N–H and O–H groups in total. The number of anilines is 2. The lowest BCUT2D eigenvalue weighted by atomic mass is 9.87. The molecular formula is C52H84N14O34P6S2. The van der Waals surface area contributed by atoms with Gasteiger partial charge in [0.1, 0.15) is 72.5 Å². The Bertz CT molecular complexity index is 3880. The van der Waals surface area contributed by atoms with Crippen molar-refractivity contribution >= 4 is 138 Å². The van der Waals surface area contributed by atoms with Gasteiger partial charge >= 0.3 is 46.9 Å². The molecule has 0 radical (unpaired) electrons. The molecule has 2 aliphatic heterocycles. The Morgan fingerprint density at radius 1 is 0.546 bits per heavy atom. The summed E-state index contributed by atoms with van der Waals surface area (Å²) in [6, 6.07) is 0. The van der Waals surface area contributed by atoms with E-state index in [-0.39, 0.29) is 83.2 Å². The lowest BCUT2D eigenvalue weighted by molar-refractivity contribution is -0.137. The van der Waals surface area contributed by atoms with Crippen molar-refractivity contribution in [2.45, 2.75) is 129 Å². The van der Waals surface area contributed by atoms with E-state index >= 15 is 0 Å². The normalized spacial score (nSPS) is 22.2. The number of nitrogens with zero attached hydrogens (tertiary/aromatic N) is 8. The van der Waals surface area contributed by atoms with Gasteiger partial charge in [-0.3, -0.25) is 65.0 Å². The van der Waals surface area contributed by atoms with E-state index in [4.69, 9.17) is 39.0 Å². The number of allylic oxidation sites excluding steroid dienone is 2. The lowest BCUT2D eigenvalue weighted by Crippen LogP contribution is -2.46. The van der Waals surface area contributed by atoms with Crippen LogP contribution in [0, 0.1) is 10.8 Å². The number of thioether (sulfide) groups is 2. The number of aromatic nitrogens is 8. The van der Waals surface area contributed by atoms with Gasteiger partial charge in [0, 0.05) is 61.4 Å². The van der Waals surface area contributed by atoms with Crippen LogP contribution in [0.3, 0.4) is 0 Å². The monoisotopic (exact) mass is 1700 g/mol. The van der Waals surface area contributed by atoms with Crippen LogP contribution in [-0.2, 0) is 101 Å². The van der Waals surface area contributed by atoms with E-state index in [1.54, 1.807) is 12.2 Å². The quantitative estimate of drug-likeness (QED) is 0.0148. The number of rotatable bonds is 42.